The van der Waals surface area contributed by atoms with Gasteiger partial charge < -0.3 is 14.4 Å². The van der Waals surface area contributed by atoms with Gasteiger partial charge in [-0.05, 0) is 29.2 Å². The number of hydrogen-bond donors (Lipinski definition) is 0. The van der Waals surface area contributed by atoms with Crippen molar-refractivity contribution in [1.82, 2.24) is 9.88 Å². The van der Waals surface area contributed by atoms with Crippen molar-refractivity contribution in [3.8, 4) is 5.75 Å². The summed E-state index contributed by atoms with van der Waals surface area (Å²) < 4.78 is 11.4. The summed E-state index contributed by atoms with van der Waals surface area (Å²) in [4.78, 5) is 18.3. The Bertz CT molecular complexity index is 788. The number of thioether (sulfide) groups is 1. The molecule has 0 radical (unpaired) electrons. The molecular formula is C21H23ClN2O3S. The lowest BCUT2D eigenvalue weighted by molar-refractivity contribution is -0.139. The third kappa shape index (κ3) is 6.55. The second kappa shape index (κ2) is 11.1. The standard InChI is InChI=1S/C21H23ClN2O3S/c22-21-19(7-4-10-23-21)27-16-18-15-24(11-12-26-18)20(25)9-14-28-13-8-17-5-2-1-3-6-17/h1-8,10,13,18H,9,11-12,14-16H2/b13-8-. The quantitative estimate of drug-likeness (QED) is 0.476. The Labute approximate surface area is 174 Å². The first kappa shape index (κ1) is 20.7. The smallest absolute Gasteiger partial charge is 0.223 e. The van der Waals surface area contributed by atoms with Gasteiger partial charge in [0.05, 0.1) is 13.2 Å². The van der Waals surface area contributed by atoms with Crippen LogP contribution in [0.1, 0.15) is 12.0 Å². The molecule has 0 bridgehead atoms. The van der Waals surface area contributed by atoms with Gasteiger partial charge >= 0.3 is 0 Å². The van der Waals surface area contributed by atoms with Crippen molar-refractivity contribution < 1.29 is 14.3 Å². The van der Waals surface area contributed by atoms with E-state index in [2.05, 4.69) is 23.2 Å². The molecule has 0 spiro atoms. The molecule has 1 amide bonds. The van der Waals surface area contributed by atoms with Crippen molar-refractivity contribution in [3.63, 3.8) is 0 Å². The molecular weight excluding hydrogens is 396 g/mol. The Morgan fingerprint density at radius 1 is 1.32 bits per heavy atom. The third-order valence-corrected chi connectivity index (χ3v) is 5.28. The summed E-state index contributed by atoms with van der Waals surface area (Å²) in [5, 5.41) is 2.36. The molecule has 1 unspecified atom stereocenters. The maximum Gasteiger partial charge on any atom is 0.223 e. The molecule has 2 heterocycles. The number of pyridine rings is 1. The topological polar surface area (TPSA) is 51.7 Å². The molecule has 0 saturated carbocycles. The Hall–Kier alpha value is -2.02. The van der Waals surface area contributed by atoms with Crippen LogP contribution >= 0.6 is 23.4 Å². The Balaban J connectivity index is 1.38. The summed E-state index contributed by atoms with van der Waals surface area (Å²) in [7, 11) is 0. The van der Waals surface area contributed by atoms with Crippen LogP contribution in [0.4, 0.5) is 0 Å². The van der Waals surface area contributed by atoms with Crippen molar-refractivity contribution in [1.29, 1.82) is 0 Å². The van der Waals surface area contributed by atoms with Crippen LogP contribution in [0.3, 0.4) is 0 Å². The Morgan fingerprint density at radius 2 is 2.18 bits per heavy atom. The van der Waals surface area contributed by atoms with Crippen LogP contribution in [-0.2, 0) is 9.53 Å². The average Bonchev–Trinajstić information content (AvgIpc) is 2.74. The summed E-state index contributed by atoms with van der Waals surface area (Å²) in [5.74, 6) is 1.43. The van der Waals surface area contributed by atoms with E-state index < -0.39 is 0 Å². The van der Waals surface area contributed by atoms with Crippen LogP contribution in [0, 0.1) is 0 Å². The molecule has 1 saturated heterocycles. The maximum atomic E-state index is 12.5. The lowest BCUT2D eigenvalue weighted by atomic mass is 10.2. The van der Waals surface area contributed by atoms with Gasteiger partial charge in [-0.25, -0.2) is 4.98 Å². The van der Waals surface area contributed by atoms with Crippen LogP contribution < -0.4 is 4.74 Å². The lowest BCUT2D eigenvalue weighted by Gasteiger charge is -2.32. The Morgan fingerprint density at radius 3 is 3.00 bits per heavy atom. The van der Waals surface area contributed by atoms with Crippen molar-refractivity contribution in [2.24, 2.45) is 0 Å². The van der Waals surface area contributed by atoms with Gasteiger partial charge in [-0.2, -0.15) is 0 Å². The Kier molecular flexibility index (Phi) is 8.21. The monoisotopic (exact) mass is 418 g/mol. The normalized spacial score (nSPS) is 17.0. The molecule has 1 aliphatic heterocycles. The van der Waals surface area contributed by atoms with E-state index in [-0.39, 0.29) is 12.0 Å². The first-order valence-corrected chi connectivity index (χ1v) is 10.6. The summed E-state index contributed by atoms with van der Waals surface area (Å²) >= 11 is 7.64. The molecule has 2 aromatic rings. The molecule has 28 heavy (non-hydrogen) atoms. The molecule has 0 aliphatic carbocycles. The number of halogens is 1. The number of benzene rings is 1. The van der Waals surface area contributed by atoms with E-state index in [9.17, 15) is 4.79 Å². The molecule has 1 fully saturated rings. The minimum absolute atomic E-state index is 0.147. The predicted octanol–water partition coefficient (Wildman–Crippen LogP) is 4.14. The van der Waals surface area contributed by atoms with E-state index in [0.29, 0.717) is 43.6 Å². The highest BCUT2D eigenvalue weighted by atomic mass is 35.5. The largest absolute Gasteiger partial charge is 0.488 e. The molecule has 3 rings (SSSR count). The van der Waals surface area contributed by atoms with Crippen LogP contribution in [0.2, 0.25) is 5.15 Å². The fourth-order valence-electron chi connectivity index (χ4n) is 2.77. The minimum Gasteiger partial charge on any atom is -0.488 e. The van der Waals surface area contributed by atoms with Crippen LogP contribution in [-0.4, -0.2) is 54.0 Å². The lowest BCUT2D eigenvalue weighted by Crippen LogP contribution is -2.47. The van der Waals surface area contributed by atoms with Gasteiger partial charge in [-0.15, -0.1) is 11.8 Å². The van der Waals surface area contributed by atoms with Gasteiger partial charge in [-0.3, -0.25) is 4.79 Å². The van der Waals surface area contributed by atoms with Crippen molar-refractivity contribution >= 4 is 35.3 Å². The molecule has 1 aromatic heterocycles. The molecule has 7 heteroatoms. The van der Waals surface area contributed by atoms with Gasteiger partial charge in [0, 0.05) is 24.9 Å². The molecule has 1 aromatic carbocycles. The van der Waals surface area contributed by atoms with Crippen LogP contribution in [0.5, 0.6) is 5.75 Å². The zero-order chi connectivity index (χ0) is 19.6. The number of carbonyl (C=O) groups excluding carboxylic acids is 1. The number of carbonyl (C=O) groups is 1. The number of nitrogens with zero attached hydrogens (tertiary/aromatic N) is 2. The van der Waals surface area contributed by atoms with Crippen molar-refractivity contribution in [3.05, 3.63) is 64.8 Å². The van der Waals surface area contributed by atoms with Crippen molar-refractivity contribution in [2.75, 3.05) is 32.1 Å². The van der Waals surface area contributed by atoms with Gasteiger partial charge in [0.2, 0.25) is 5.91 Å². The fourth-order valence-corrected chi connectivity index (χ4v) is 3.63. The number of hydrogen-bond acceptors (Lipinski definition) is 5. The zero-order valence-corrected chi connectivity index (χ0v) is 17.1. The molecule has 1 atom stereocenters. The van der Waals surface area contributed by atoms with Crippen molar-refractivity contribution in [2.45, 2.75) is 12.5 Å². The number of ether oxygens (including phenoxy) is 2. The number of rotatable bonds is 8. The first-order chi connectivity index (χ1) is 13.7. The third-order valence-electron chi connectivity index (χ3n) is 4.23. The molecule has 148 valence electrons. The fraction of sp³-hybridized carbons (Fsp3) is 0.333. The average molecular weight is 419 g/mol. The maximum absolute atomic E-state index is 12.5. The molecule has 5 nitrogen and oxygen atoms in total. The van der Waals surface area contributed by atoms with E-state index >= 15 is 0 Å². The van der Waals surface area contributed by atoms with Crippen LogP contribution in [0.25, 0.3) is 6.08 Å². The highest BCUT2D eigenvalue weighted by molar-refractivity contribution is 8.02. The van der Waals surface area contributed by atoms with E-state index in [4.69, 9.17) is 21.1 Å². The van der Waals surface area contributed by atoms with Gasteiger partial charge in [0.1, 0.15) is 12.7 Å². The highest BCUT2D eigenvalue weighted by Gasteiger charge is 2.24. The minimum atomic E-state index is -0.167. The van der Waals surface area contributed by atoms with E-state index in [0.717, 1.165) is 11.3 Å². The first-order valence-electron chi connectivity index (χ1n) is 9.18. The molecule has 0 N–H and O–H groups in total. The summed E-state index contributed by atoms with van der Waals surface area (Å²) in [6.45, 7) is 2.00. The second-order valence-corrected chi connectivity index (χ2v) is 7.64. The van der Waals surface area contributed by atoms with E-state index in [1.807, 2.05) is 28.5 Å². The second-order valence-electron chi connectivity index (χ2n) is 6.27. The van der Waals surface area contributed by atoms with E-state index in [1.165, 1.54) is 0 Å². The highest BCUT2D eigenvalue weighted by Crippen LogP contribution is 2.21. The number of morpholine rings is 1. The zero-order valence-electron chi connectivity index (χ0n) is 15.5. The SMILES string of the molecule is O=C(CCS/C=C\c1ccccc1)N1CCOC(COc2cccnc2Cl)C1. The molecule has 1 aliphatic rings. The number of amides is 1. The van der Waals surface area contributed by atoms with Crippen LogP contribution in [0.15, 0.2) is 54.1 Å². The summed E-state index contributed by atoms with van der Waals surface area (Å²) in [6.07, 6.45) is 4.01. The van der Waals surface area contributed by atoms with Gasteiger partial charge in [0.25, 0.3) is 0 Å². The van der Waals surface area contributed by atoms with Gasteiger partial charge in [0.15, 0.2) is 10.9 Å². The predicted molar refractivity (Wildman–Crippen MR) is 114 cm³/mol. The summed E-state index contributed by atoms with van der Waals surface area (Å²) in [6, 6.07) is 13.6. The summed E-state index contributed by atoms with van der Waals surface area (Å²) in [5.41, 5.74) is 1.16. The number of aromatic nitrogens is 1. The van der Waals surface area contributed by atoms with E-state index in [1.54, 1.807) is 30.1 Å². The van der Waals surface area contributed by atoms with Gasteiger partial charge in [-0.1, -0.05) is 41.9 Å².